The fourth-order valence-corrected chi connectivity index (χ4v) is 5.37. The Bertz CT molecular complexity index is 731. The van der Waals surface area contributed by atoms with Crippen molar-refractivity contribution in [1.29, 1.82) is 0 Å². The third-order valence-electron chi connectivity index (χ3n) is 4.63. The van der Waals surface area contributed by atoms with Gasteiger partial charge in [-0.25, -0.2) is 13.1 Å². The van der Waals surface area contributed by atoms with Gasteiger partial charge >= 0.3 is 0 Å². The summed E-state index contributed by atoms with van der Waals surface area (Å²) >= 11 is 3.26. The van der Waals surface area contributed by atoms with Gasteiger partial charge in [-0.15, -0.1) is 0 Å². The van der Waals surface area contributed by atoms with Crippen LogP contribution < -0.4 is 10.0 Å². The lowest BCUT2D eigenvalue weighted by atomic mass is 9.92. The smallest absolute Gasteiger partial charge is 0.240 e. The summed E-state index contributed by atoms with van der Waals surface area (Å²) in [4.78, 5) is 14.7. The van der Waals surface area contributed by atoms with E-state index in [9.17, 15) is 13.2 Å². The Balaban J connectivity index is 1.74. The van der Waals surface area contributed by atoms with E-state index in [1.807, 2.05) is 6.92 Å². The lowest BCUT2D eigenvalue weighted by molar-refractivity contribution is -0.121. The minimum absolute atomic E-state index is 0.0386. The van der Waals surface area contributed by atoms with Crippen molar-refractivity contribution >= 4 is 31.9 Å². The summed E-state index contributed by atoms with van der Waals surface area (Å²) < 4.78 is 27.7. The molecule has 0 spiro atoms. The van der Waals surface area contributed by atoms with Gasteiger partial charge in [0, 0.05) is 43.1 Å². The molecule has 1 aromatic rings. The molecule has 3 atom stereocenters. The first-order valence-electron chi connectivity index (χ1n) is 9.42. The van der Waals surface area contributed by atoms with E-state index in [1.54, 1.807) is 12.1 Å². The van der Waals surface area contributed by atoms with Crippen LogP contribution in [0, 0.1) is 11.8 Å². The van der Waals surface area contributed by atoms with Crippen molar-refractivity contribution in [2.75, 3.05) is 26.2 Å². The Labute approximate surface area is 171 Å². The summed E-state index contributed by atoms with van der Waals surface area (Å²) in [5, 5.41) is 2.97. The molecule has 6 nitrogen and oxygen atoms in total. The number of piperidine rings is 1. The van der Waals surface area contributed by atoms with E-state index >= 15 is 0 Å². The van der Waals surface area contributed by atoms with Crippen molar-refractivity contribution in [2.24, 2.45) is 11.8 Å². The number of nitrogens with one attached hydrogen (secondary N) is 2. The average molecular weight is 460 g/mol. The summed E-state index contributed by atoms with van der Waals surface area (Å²) in [5.74, 6) is 1.23. The van der Waals surface area contributed by atoms with Gasteiger partial charge in [0.05, 0.1) is 4.90 Å². The molecular formula is C19H30BrN3O3S. The Morgan fingerprint density at radius 3 is 2.59 bits per heavy atom. The molecule has 1 aliphatic heterocycles. The molecule has 0 radical (unpaired) electrons. The Hall–Kier alpha value is -0.960. The molecule has 0 bridgehead atoms. The zero-order chi connectivity index (χ0) is 20.0. The first-order chi connectivity index (χ1) is 12.7. The van der Waals surface area contributed by atoms with Gasteiger partial charge in [0.1, 0.15) is 0 Å². The van der Waals surface area contributed by atoms with E-state index in [1.165, 1.54) is 18.6 Å². The molecule has 2 N–H and O–H groups in total. The van der Waals surface area contributed by atoms with E-state index in [-0.39, 0.29) is 29.8 Å². The number of carbonyl (C=O) groups excluding carboxylic acids is 1. The van der Waals surface area contributed by atoms with Gasteiger partial charge in [-0.2, -0.15) is 0 Å². The number of hydrogen-bond donors (Lipinski definition) is 2. The molecule has 0 saturated carbocycles. The van der Waals surface area contributed by atoms with Gasteiger partial charge in [-0.1, -0.05) is 35.8 Å². The number of sulfonamides is 1. The third-order valence-corrected chi connectivity index (χ3v) is 6.59. The summed E-state index contributed by atoms with van der Waals surface area (Å²) in [6, 6.07) is 6.52. The predicted molar refractivity (Wildman–Crippen MR) is 111 cm³/mol. The van der Waals surface area contributed by atoms with Crippen molar-refractivity contribution in [3.63, 3.8) is 0 Å². The first-order valence-corrected chi connectivity index (χ1v) is 11.7. The maximum absolute atomic E-state index is 12.2. The molecule has 1 aromatic carbocycles. The predicted octanol–water partition coefficient (Wildman–Crippen LogP) is 2.60. The average Bonchev–Trinajstić information content (AvgIpc) is 2.53. The van der Waals surface area contributed by atoms with Crippen LogP contribution in [0.2, 0.25) is 0 Å². The lowest BCUT2D eigenvalue weighted by Gasteiger charge is -2.36. The highest BCUT2D eigenvalue weighted by Gasteiger charge is 2.23. The first kappa shape index (κ1) is 22.3. The second-order valence-electron chi connectivity index (χ2n) is 7.74. The number of hydrogen-bond acceptors (Lipinski definition) is 4. The van der Waals surface area contributed by atoms with Crippen LogP contribution in [0.1, 0.15) is 33.6 Å². The van der Waals surface area contributed by atoms with Crippen LogP contribution in [-0.2, 0) is 14.8 Å². The molecule has 8 heteroatoms. The van der Waals surface area contributed by atoms with Crippen molar-refractivity contribution < 1.29 is 13.2 Å². The van der Waals surface area contributed by atoms with Crippen LogP contribution in [0.25, 0.3) is 0 Å². The van der Waals surface area contributed by atoms with Crippen molar-refractivity contribution in [2.45, 2.75) is 44.6 Å². The standard InChI is InChI=1S/C19H30BrN3O3S/c1-14-9-15(2)12-23(11-14)13-16(3)22-19(24)7-8-21-27(25,26)18-6-4-5-17(20)10-18/h4-6,10,14-16,21H,7-9,11-13H2,1-3H3,(H,22,24). The summed E-state index contributed by atoms with van der Waals surface area (Å²) in [5.41, 5.74) is 0. The number of halogens is 1. The van der Waals surface area contributed by atoms with Gasteiger partial charge in [0.25, 0.3) is 0 Å². The van der Waals surface area contributed by atoms with Crippen LogP contribution in [0.4, 0.5) is 0 Å². The Kier molecular flexibility index (Phi) is 8.27. The second kappa shape index (κ2) is 10.0. The van der Waals surface area contributed by atoms with Crippen LogP contribution in [0.5, 0.6) is 0 Å². The van der Waals surface area contributed by atoms with Gasteiger partial charge in [-0.3, -0.25) is 4.79 Å². The number of amides is 1. The summed E-state index contributed by atoms with van der Waals surface area (Å²) in [7, 11) is -3.61. The van der Waals surface area contributed by atoms with Crippen molar-refractivity contribution in [3.8, 4) is 0 Å². The van der Waals surface area contributed by atoms with E-state index in [0.29, 0.717) is 16.3 Å². The van der Waals surface area contributed by atoms with E-state index in [2.05, 4.69) is 44.7 Å². The van der Waals surface area contributed by atoms with E-state index < -0.39 is 10.0 Å². The second-order valence-corrected chi connectivity index (χ2v) is 10.4. The monoisotopic (exact) mass is 459 g/mol. The van der Waals surface area contributed by atoms with Crippen molar-refractivity contribution in [1.82, 2.24) is 14.9 Å². The molecule has 1 amide bonds. The number of carbonyl (C=O) groups is 1. The van der Waals surface area contributed by atoms with Crippen LogP contribution >= 0.6 is 15.9 Å². The number of likely N-dealkylation sites (tertiary alicyclic amines) is 1. The molecule has 27 heavy (non-hydrogen) atoms. The number of benzene rings is 1. The SMILES string of the molecule is CC1CC(C)CN(CC(C)NC(=O)CCNS(=O)(=O)c2cccc(Br)c2)C1. The number of rotatable bonds is 8. The summed E-state index contributed by atoms with van der Waals surface area (Å²) in [6.45, 7) is 9.56. The topological polar surface area (TPSA) is 78.5 Å². The normalized spacial score (nSPS) is 22.4. The molecular weight excluding hydrogens is 430 g/mol. The van der Waals surface area contributed by atoms with Crippen LogP contribution in [0.15, 0.2) is 33.6 Å². The van der Waals surface area contributed by atoms with E-state index in [0.717, 1.165) is 19.6 Å². The molecule has 3 unspecified atom stereocenters. The van der Waals surface area contributed by atoms with Crippen molar-refractivity contribution in [3.05, 3.63) is 28.7 Å². The number of nitrogens with zero attached hydrogens (tertiary/aromatic N) is 1. The van der Waals surface area contributed by atoms with Crippen LogP contribution in [-0.4, -0.2) is 51.4 Å². The maximum atomic E-state index is 12.2. The molecule has 0 aromatic heterocycles. The fraction of sp³-hybridized carbons (Fsp3) is 0.632. The lowest BCUT2D eigenvalue weighted by Crippen LogP contribution is -2.47. The minimum Gasteiger partial charge on any atom is -0.352 e. The molecule has 1 heterocycles. The molecule has 1 saturated heterocycles. The Morgan fingerprint density at radius 2 is 1.96 bits per heavy atom. The highest BCUT2D eigenvalue weighted by molar-refractivity contribution is 9.10. The third kappa shape index (κ3) is 7.52. The quantitative estimate of drug-likeness (QED) is 0.625. The molecule has 1 aliphatic rings. The van der Waals surface area contributed by atoms with Gasteiger partial charge in [0.15, 0.2) is 0 Å². The summed E-state index contributed by atoms with van der Waals surface area (Å²) in [6.07, 6.45) is 1.37. The molecule has 1 fully saturated rings. The maximum Gasteiger partial charge on any atom is 0.240 e. The zero-order valence-corrected chi connectivity index (χ0v) is 18.6. The largest absolute Gasteiger partial charge is 0.352 e. The van der Waals surface area contributed by atoms with Gasteiger partial charge in [-0.05, 0) is 43.4 Å². The highest BCUT2D eigenvalue weighted by atomic mass is 79.9. The highest BCUT2D eigenvalue weighted by Crippen LogP contribution is 2.20. The molecule has 0 aliphatic carbocycles. The van der Waals surface area contributed by atoms with E-state index in [4.69, 9.17) is 0 Å². The minimum atomic E-state index is -3.61. The Morgan fingerprint density at radius 1 is 1.30 bits per heavy atom. The zero-order valence-electron chi connectivity index (χ0n) is 16.2. The molecule has 152 valence electrons. The molecule has 2 rings (SSSR count). The fourth-order valence-electron chi connectivity index (χ4n) is 3.74. The van der Waals surface area contributed by atoms with Gasteiger partial charge < -0.3 is 10.2 Å². The van der Waals surface area contributed by atoms with Crippen LogP contribution in [0.3, 0.4) is 0 Å². The van der Waals surface area contributed by atoms with Gasteiger partial charge in [0.2, 0.25) is 15.9 Å².